The van der Waals surface area contributed by atoms with Gasteiger partial charge in [0.05, 0.1) is 18.7 Å². The molecule has 20 heavy (non-hydrogen) atoms. The van der Waals surface area contributed by atoms with Crippen LogP contribution in [-0.2, 0) is 4.74 Å². The number of hydrogen-bond acceptors (Lipinski definition) is 5. The first-order valence-corrected chi connectivity index (χ1v) is 6.18. The van der Waals surface area contributed by atoms with Crippen molar-refractivity contribution in [2.24, 2.45) is 0 Å². The minimum Gasteiger partial charge on any atom is -0.465 e. The zero-order valence-corrected chi connectivity index (χ0v) is 12.1. The van der Waals surface area contributed by atoms with E-state index in [1.54, 1.807) is 0 Å². The van der Waals surface area contributed by atoms with Gasteiger partial charge in [-0.3, -0.25) is 10.1 Å². The summed E-state index contributed by atoms with van der Waals surface area (Å²) in [5, 5.41) is 12.0. The number of carbonyl (C=O) groups excluding carboxylic acids is 2. The first-order chi connectivity index (χ1) is 9.28. The molecule has 106 valence electrons. The van der Waals surface area contributed by atoms with E-state index in [0.717, 1.165) is 0 Å². The Labute approximate surface area is 118 Å². The van der Waals surface area contributed by atoms with E-state index in [9.17, 15) is 9.59 Å². The molecular weight excluding hydrogens is 256 g/mol. The molecule has 0 aromatic heterocycles. The van der Waals surface area contributed by atoms with Crippen molar-refractivity contribution in [2.75, 3.05) is 7.11 Å². The molecule has 5 heteroatoms. The highest BCUT2D eigenvalue weighted by molar-refractivity contribution is 6.02. The summed E-state index contributed by atoms with van der Waals surface area (Å²) in [6.07, 6.45) is 0. The highest BCUT2D eigenvalue weighted by atomic mass is 16.5. The number of nitrogens with one attached hydrogen (secondary N) is 1. The Morgan fingerprint density at radius 1 is 1.20 bits per heavy atom. The maximum absolute atomic E-state index is 12.2. The molecule has 0 bridgehead atoms. The molecule has 0 saturated carbocycles. The molecule has 5 nitrogen and oxygen atoms in total. The van der Waals surface area contributed by atoms with Crippen molar-refractivity contribution < 1.29 is 14.3 Å². The topological polar surface area (TPSA) is 79.2 Å². The summed E-state index contributed by atoms with van der Waals surface area (Å²) in [4.78, 5) is 23.5. The van der Waals surface area contributed by atoms with Crippen molar-refractivity contribution >= 4 is 11.8 Å². The van der Waals surface area contributed by atoms with Gasteiger partial charge in [-0.15, -0.1) is 0 Å². The quantitative estimate of drug-likeness (QED) is 0.670. The largest absolute Gasteiger partial charge is 0.465 e. The van der Waals surface area contributed by atoms with Crippen LogP contribution in [0.25, 0.3) is 0 Å². The first-order valence-electron chi connectivity index (χ1n) is 6.18. The lowest BCUT2D eigenvalue weighted by atomic mass is 10.0. The van der Waals surface area contributed by atoms with E-state index < -0.39 is 12.0 Å². The fraction of sp³-hybridized carbons (Fsp3) is 0.400. The van der Waals surface area contributed by atoms with Crippen LogP contribution in [0.5, 0.6) is 0 Å². The molecular formula is C15H18N2O3. The number of ether oxygens (including phenoxy) is 1. The normalized spacial score (nSPS) is 12.3. The minimum absolute atomic E-state index is 0.321. The molecule has 0 spiro atoms. The van der Waals surface area contributed by atoms with Crippen molar-refractivity contribution in [1.82, 2.24) is 5.32 Å². The Hall–Kier alpha value is -2.19. The number of nitrogens with zero attached hydrogens (tertiary/aromatic N) is 1. The highest BCUT2D eigenvalue weighted by Crippen LogP contribution is 2.10. The summed E-state index contributed by atoms with van der Waals surface area (Å²) < 4.78 is 4.58. The maximum atomic E-state index is 12.2. The van der Waals surface area contributed by atoms with E-state index in [4.69, 9.17) is 5.26 Å². The van der Waals surface area contributed by atoms with Crippen LogP contribution in [0.15, 0.2) is 24.3 Å². The number of carbonyl (C=O) groups is 2. The number of ketones is 1. The molecule has 1 rings (SSSR count). The lowest BCUT2D eigenvalue weighted by molar-refractivity contribution is 0.0600. The number of methoxy groups -OCH3 is 1. The summed E-state index contributed by atoms with van der Waals surface area (Å²) in [5.41, 5.74) is 0.393. The monoisotopic (exact) mass is 274 g/mol. The number of esters is 1. The molecule has 0 radical (unpaired) electrons. The maximum Gasteiger partial charge on any atom is 0.337 e. The lowest BCUT2D eigenvalue weighted by Gasteiger charge is -2.23. The van der Waals surface area contributed by atoms with E-state index in [1.165, 1.54) is 31.4 Å². The number of Topliss-reactive ketones (excluding diaryl/α,β-unsaturated/α-hetero) is 1. The molecule has 0 saturated heterocycles. The van der Waals surface area contributed by atoms with Gasteiger partial charge in [-0.05, 0) is 32.9 Å². The predicted molar refractivity (Wildman–Crippen MR) is 74.4 cm³/mol. The molecule has 1 atom stereocenters. The molecule has 1 N–H and O–H groups in total. The van der Waals surface area contributed by atoms with E-state index in [1.807, 2.05) is 26.8 Å². The molecule has 0 fully saturated rings. The van der Waals surface area contributed by atoms with Gasteiger partial charge in [0.1, 0.15) is 0 Å². The number of hydrogen-bond donors (Lipinski definition) is 1. The summed E-state index contributed by atoms with van der Waals surface area (Å²) in [6, 6.07) is 7.08. The van der Waals surface area contributed by atoms with Gasteiger partial charge in [0.15, 0.2) is 11.8 Å². The van der Waals surface area contributed by atoms with Crippen LogP contribution in [0, 0.1) is 11.3 Å². The average molecular weight is 274 g/mol. The molecule has 1 unspecified atom stereocenters. The fourth-order valence-corrected chi connectivity index (χ4v) is 1.64. The molecule has 0 amide bonds. The third-order valence-corrected chi connectivity index (χ3v) is 2.56. The number of benzene rings is 1. The van der Waals surface area contributed by atoms with Crippen LogP contribution in [0.1, 0.15) is 41.5 Å². The van der Waals surface area contributed by atoms with Crippen LogP contribution in [0.2, 0.25) is 0 Å². The lowest BCUT2D eigenvalue weighted by Crippen LogP contribution is -2.47. The molecule has 1 aromatic carbocycles. The predicted octanol–water partition coefficient (Wildman–Crippen LogP) is 1.94. The van der Waals surface area contributed by atoms with E-state index in [0.29, 0.717) is 11.1 Å². The standard InChI is InChI=1S/C15H18N2O3/c1-15(2,3)17-12(9-16)13(18)10-5-7-11(8-6-10)14(19)20-4/h5-8,12,17H,1-4H3. The second kappa shape index (κ2) is 6.31. The van der Waals surface area contributed by atoms with Crippen molar-refractivity contribution in [1.29, 1.82) is 5.26 Å². The molecule has 0 aliphatic rings. The van der Waals surface area contributed by atoms with Gasteiger partial charge in [-0.2, -0.15) is 5.26 Å². The van der Waals surface area contributed by atoms with Gasteiger partial charge in [0, 0.05) is 11.1 Å². The van der Waals surface area contributed by atoms with E-state index >= 15 is 0 Å². The van der Waals surface area contributed by atoms with Crippen LogP contribution < -0.4 is 5.32 Å². The summed E-state index contributed by atoms with van der Waals surface area (Å²) in [6.45, 7) is 5.64. The Balaban J connectivity index is 2.92. The highest BCUT2D eigenvalue weighted by Gasteiger charge is 2.24. The third-order valence-electron chi connectivity index (χ3n) is 2.56. The third kappa shape index (κ3) is 4.18. The van der Waals surface area contributed by atoms with E-state index in [-0.39, 0.29) is 11.3 Å². The molecule has 0 aliphatic heterocycles. The Morgan fingerprint density at radius 2 is 1.70 bits per heavy atom. The number of rotatable bonds is 4. The van der Waals surface area contributed by atoms with Crippen molar-refractivity contribution in [2.45, 2.75) is 32.4 Å². The summed E-state index contributed by atoms with van der Waals surface area (Å²) >= 11 is 0. The zero-order chi connectivity index (χ0) is 15.3. The van der Waals surface area contributed by atoms with Crippen LogP contribution >= 0.6 is 0 Å². The van der Waals surface area contributed by atoms with Crippen molar-refractivity contribution in [3.05, 3.63) is 35.4 Å². The first kappa shape index (κ1) is 15.9. The zero-order valence-electron chi connectivity index (χ0n) is 12.1. The van der Waals surface area contributed by atoms with Gasteiger partial charge in [0.25, 0.3) is 0 Å². The Morgan fingerprint density at radius 3 is 2.10 bits per heavy atom. The Bertz CT molecular complexity index is 536. The number of nitriles is 1. The summed E-state index contributed by atoms with van der Waals surface area (Å²) in [7, 11) is 1.29. The smallest absolute Gasteiger partial charge is 0.337 e. The molecule has 0 aliphatic carbocycles. The van der Waals surface area contributed by atoms with Gasteiger partial charge in [-0.25, -0.2) is 4.79 Å². The summed E-state index contributed by atoms with van der Waals surface area (Å²) in [5.74, 6) is -0.785. The second-order valence-electron chi connectivity index (χ2n) is 5.39. The van der Waals surface area contributed by atoms with Gasteiger partial charge in [0.2, 0.25) is 0 Å². The minimum atomic E-state index is -0.918. The van der Waals surface area contributed by atoms with Crippen molar-refractivity contribution in [3.63, 3.8) is 0 Å². The van der Waals surface area contributed by atoms with Gasteiger partial charge in [-0.1, -0.05) is 12.1 Å². The molecule has 1 aromatic rings. The average Bonchev–Trinajstić information content (AvgIpc) is 2.42. The van der Waals surface area contributed by atoms with E-state index in [2.05, 4.69) is 10.1 Å². The van der Waals surface area contributed by atoms with Crippen molar-refractivity contribution in [3.8, 4) is 6.07 Å². The van der Waals surface area contributed by atoms with Crippen LogP contribution in [0.4, 0.5) is 0 Å². The Kier molecular flexibility index (Phi) is 5.00. The van der Waals surface area contributed by atoms with Crippen LogP contribution in [-0.4, -0.2) is 30.4 Å². The molecule has 0 heterocycles. The fourth-order valence-electron chi connectivity index (χ4n) is 1.64. The SMILES string of the molecule is COC(=O)c1ccc(C(=O)C(C#N)NC(C)(C)C)cc1. The van der Waals surface area contributed by atoms with Gasteiger partial charge < -0.3 is 4.74 Å². The van der Waals surface area contributed by atoms with Gasteiger partial charge >= 0.3 is 5.97 Å². The second-order valence-corrected chi connectivity index (χ2v) is 5.39. The van der Waals surface area contributed by atoms with Crippen LogP contribution in [0.3, 0.4) is 0 Å².